The molecule has 5 nitrogen and oxygen atoms in total. The van der Waals surface area contributed by atoms with Crippen LogP contribution in [0, 0.1) is 6.92 Å². The summed E-state index contributed by atoms with van der Waals surface area (Å²) in [7, 11) is 0. The van der Waals surface area contributed by atoms with Gasteiger partial charge in [0.05, 0.1) is 12.4 Å². The molecule has 1 aliphatic rings. The third-order valence-electron chi connectivity index (χ3n) is 4.16. The maximum absolute atomic E-state index is 12.3. The van der Waals surface area contributed by atoms with Crippen LogP contribution in [0.5, 0.6) is 0 Å². The molecule has 3 rings (SSSR count). The SMILES string of the molecule is CCN(c1cccc(C)c1)c1cnc(C(=O)N2CCCC2)cn1. The van der Waals surface area contributed by atoms with Crippen LogP contribution in [0.4, 0.5) is 11.5 Å². The van der Waals surface area contributed by atoms with Crippen molar-refractivity contribution in [2.24, 2.45) is 0 Å². The lowest BCUT2D eigenvalue weighted by Gasteiger charge is -2.22. The van der Waals surface area contributed by atoms with Crippen LogP contribution in [-0.2, 0) is 0 Å². The summed E-state index contributed by atoms with van der Waals surface area (Å²) in [4.78, 5) is 25.1. The van der Waals surface area contributed by atoms with Gasteiger partial charge in [0, 0.05) is 25.3 Å². The van der Waals surface area contributed by atoms with Gasteiger partial charge in [0.25, 0.3) is 5.91 Å². The average molecular weight is 310 g/mol. The van der Waals surface area contributed by atoms with Crippen LogP contribution in [0.2, 0.25) is 0 Å². The van der Waals surface area contributed by atoms with Gasteiger partial charge in [-0.2, -0.15) is 0 Å². The molecule has 1 aromatic carbocycles. The Labute approximate surface area is 137 Å². The topological polar surface area (TPSA) is 49.3 Å². The molecule has 2 heterocycles. The summed E-state index contributed by atoms with van der Waals surface area (Å²) in [6.45, 7) is 6.59. The highest BCUT2D eigenvalue weighted by Gasteiger charge is 2.21. The Morgan fingerprint density at radius 3 is 2.61 bits per heavy atom. The van der Waals surface area contributed by atoms with Crippen LogP contribution in [0.3, 0.4) is 0 Å². The van der Waals surface area contributed by atoms with Gasteiger partial charge in [-0.3, -0.25) is 4.79 Å². The molecule has 0 unspecified atom stereocenters. The fourth-order valence-electron chi connectivity index (χ4n) is 2.93. The molecule has 0 radical (unpaired) electrons. The van der Waals surface area contributed by atoms with Crippen molar-refractivity contribution in [3.63, 3.8) is 0 Å². The van der Waals surface area contributed by atoms with Crippen molar-refractivity contribution in [3.05, 3.63) is 47.9 Å². The molecule has 0 atom stereocenters. The molecule has 0 bridgehead atoms. The van der Waals surface area contributed by atoms with Gasteiger partial charge in [-0.15, -0.1) is 0 Å². The van der Waals surface area contributed by atoms with Gasteiger partial charge < -0.3 is 9.80 Å². The maximum Gasteiger partial charge on any atom is 0.274 e. The maximum atomic E-state index is 12.3. The normalized spacial score (nSPS) is 14.1. The Morgan fingerprint density at radius 2 is 2.00 bits per heavy atom. The summed E-state index contributed by atoms with van der Waals surface area (Å²) in [5, 5.41) is 0. The quantitative estimate of drug-likeness (QED) is 0.870. The van der Waals surface area contributed by atoms with E-state index in [9.17, 15) is 4.79 Å². The van der Waals surface area contributed by atoms with Gasteiger partial charge in [0.15, 0.2) is 5.82 Å². The van der Waals surface area contributed by atoms with Crippen molar-refractivity contribution in [2.45, 2.75) is 26.7 Å². The van der Waals surface area contributed by atoms with Gasteiger partial charge in [0.2, 0.25) is 0 Å². The number of aryl methyl sites for hydroxylation is 1. The Hall–Kier alpha value is -2.43. The standard InChI is InChI=1S/C18H22N4O/c1-3-22(15-8-6-7-14(2)11-15)17-13-19-16(12-20-17)18(23)21-9-4-5-10-21/h6-8,11-13H,3-5,9-10H2,1-2H3. The molecule has 2 aromatic rings. The molecular weight excluding hydrogens is 288 g/mol. The molecular formula is C18H22N4O. The molecule has 0 aliphatic carbocycles. The Kier molecular flexibility index (Phi) is 4.55. The van der Waals surface area contributed by atoms with Crippen molar-refractivity contribution >= 4 is 17.4 Å². The first-order chi connectivity index (χ1) is 11.2. The molecule has 0 saturated carbocycles. The third kappa shape index (κ3) is 3.33. The molecule has 120 valence electrons. The molecule has 1 aliphatic heterocycles. The zero-order valence-corrected chi connectivity index (χ0v) is 13.7. The highest BCUT2D eigenvalue weighted by atomic mass is 16.2. The second-order valence-corrected chi connectivity index (χ2v) is 5.84. The lowest BCUT2D eigenvalue weighted by molar-refractivity contribution is 0.0786. The number of amides is 1. The number of benzene rings is 1. The number of hydrogen-bond acceptors (Lipinski definition) is 4. The van der Waals surface area contributed by atoms with Crippen molar-refractivity contribution in [2.75, 3.05) is 24.5 Å². The number of likely N-dealkylation sites (tertiary alicyclic amines) is 1. The van der Waals surface area contributed by atoms with E-state index in [0.29, 0.717) is 5.69 Å². The average Bonchev–Trinajstić information content (AvgIpc) is 3.10. The second kappa shape index (κ2) is 6.77. The number of carbonyl (C=O) groups excluding carboxylic acids is 1. The van der Waals surface area contributed by atoms with E-state index >= 15 is 0 Å². The molecule has 0 N–H and O–H groups in total. The summed E-state index contributed by atoms with van der Waals surface area (Å²) in [5.41, 5.74) is 2.71. The van der Waals surface area contributed by atoms with E-state index in [4.69, 9.17) is 0 Å². The summed E-state index contributed by atoms with van der Waals surface area (Å²) >= 11 is 0. The van der Waals surface area contributed by atoms with Gasteiger partial charge in [-0.05, 0) is 44.4 Å². The highest BCUT2D eigenvalue weighted by Crippen LogP contribution is 2.23. The summed E-state index contributed by atoms with van der Waals surface area (Å²) in [6.07, 6.45) is 5.44. The first-order valence-corrected chi connectivity index (χ1v) is 8.14. The molecule has 1 aromatic heterocycles. The van der Waals surface area contributed by atoms with E-state index in [1.165, 1.54) is 5.56 Å². The smallest absolute Gasteiger partial charge is 0.274 e. The fourth-order valence-corrected chi connectivity index (χ4v) is 2.93. The minimum absolute atomic E-state index is 0.0137. The van der Waals surface area contributed by atoms with E-state index < -0.39 is 0 Å². The van der Waals surface area contributed by atoms with Crippen LogP contribution in [0.25, 0.3) is 0 Å². The molecule has 23 heavy (non-hydrogen) atoms. The highest BCUT2D eigenvalue weighted by molar-refractivity contribution is 5.92. The van der Waals surface area contributed by atoms with Crippen LogP contribution in [0.15, 0.2) is 36.7 Å². The number of rotatable bonds is 4. The molecule has 1 saturated heterocycles. The van der Waals surface area contributed by atoms with Crippen LogP contribution < -0.4 is 4.90 Å². The largest absolute Gasteiger partial charge is 0.337 e. The first-order valence-electron chi connectivity index (χ1n) is 8.14. The van der Waals surface area contributed by atoms with Crippen molar-refractivity contribution < 1.29 is 4.79 Å². The number of anilines is 2. The zero-order valence-electron chi connectivity index (χ0n) is 13.7. The predicted molar refractivity (Wildman–Crippen MR) is 91.0 cm³/mol. The number of hydrogen-bond donors (Lipinski definition) is 0. The van der Waals surface area contributed by atoms with Gasteiger partial charge in [0.1, 0.15) is 5.69 Å². The number of carbonyl (C=O) groups is 1. The summed E-state index contributed by atoms with van der Waals surface area (Å²) in [6, 6.07) is 8.28. The molecule has 5 heteroatoms. The Bertz CT molecular complexity index is 678. The summed E-state index contributed by atoms with van der Waals surface area (Å²) in [5.74, 6) is 0.747. The van der Waals surface area contributed by atoms with Gasteiger partial charge in [-0.1, -0.05) is 12.1 Å². The lowest BCUT2D eigenvalue weighted by Crippen LogP contribution is -2.28. The first kappa shape index (κ1) is 15.5. The van der Waals surface area contributed by atoms with Crippen LogP contribution in [-0.4, -0.2) is 40.4 Å². The van der Waals surface area contributed by atoms with E-state index in [0.717, 1.165) is 44.0 Å². The third-order valence-corrected chi connectivity index (χ3v) is 4.16. The van der Waals surface area contributed by atoms with E-state index in [1.54, 1.807) is 12.4 Å². The van der Waals surface area contributed by atoms with Gasteiger partial charge in [-0.25, -0.2) is 9.97 Å². The Morgan fingerprint density at radius 1 is 1.22 bits per heavy atom. The monoisotopic (exact) mass is 310 g/mol. The number of nitrogens with zero attached hydrogens (tertiary/aromatic N) is 4. The van der Waals surface area contributed by atoms with Gasteiger partial charge >= 0.3 is 0 Å². The van der Waals surface area contributed by atoms with Crippen molar-refractivity contribution in [1.82, 2.24) is 14.9 Å². The minimum Gasteiger partial charge on any atom is -0.337 e. The lowest BCUT2D eigenvalue weighted by atomic mass is 10.2. The van der Waals surface area contributed by atoms with E-state index in [1.807, 2.05) is 11.0 Å². The van der Waals surface area contributed by atoms with Crippen molar-refractivity contribution in [3.8, 4) is 0 Å². The molecule has 1 fully saturated rings. The fraction of sp³-hybridized carbons (Fsp3) is 0.389. The van der Waals surface area contributed by atoms with Crippen LogP contribution in [0.1, 0.15) is 35.8 Å². The molecule has 1 amide bonds. The van der Waals surface area contributed by atoms with Crippen LogP contribution >= 0.6 is 0 Å². The summed E-state index contributed by atoms with van der Waals surface area (Å²) < 4.78 is 0. The zero-order chi connectivity index (χ0) is 16.2. The van der Waals surface area contributed by atoms with Crippen molar-refractivity contribution in [1.29, 1.82) is 0 Å². The van der Waals surface area contributed by atoms with E-state index in [2.05, 4.69) is 46.9 Å². The number of aromatic nitrogens is 2. The molecule has 0 spiro atoms. The Balaban J connectivity index is 1.81. The van der Waals surface area contributed by atoms with E-state index in [-0.39, 0.29) is 5.91 Å². The second-order valence-electron chi connectivity index (χ2n) is 5.84. The predicted octanol–water partition coefficient (Wildman–Crippen LogP) is 3.18. The minimum atomic E-state index is -0.0137.